The van der Waals surface area contributed by atoms with Gasteiger partial charge in [-0.1, -0.05) is 26.2 Å². The van der Waals surface area contributed by atoms with Gasteiger partial charge in [0.15, 0.2) is 0 Å². The standard InChI is InChI=1S/C21H30F3N3O3S.ClH/c1-2-12-31(29,30)27-10-8-26(9-11-27)21(6-4-3-5-7-21)15-25-20(28)19-17(23)13-16(22)14-18(19)24;/h13-14H,2-12,15H2,1H3,(H,25,28);1H. The van der Waals surface area contributed by atoms with E-state index in [4.69, 9.17) is 0 Å². The lowest BCUT2D eigenvalue weighted by Crippen LogP contribution is -2.62. The number of hydrogen-bond acceptors (Lipinski definition) is 4. The highest BCUT2D eigenvalue weighted by atomic mass is 35.5. The summed E-state index contributed by atoms with van der Waals surface area (Å²) < 4.78 is 67.4. The fraction of sp³-hybridized carbons (Fsp3) is 0.667. The highest BCUT2D eigenvalue weighted by molar-refractivity contribution is 7.89. The first-order chi connectivity index (χ1) is 14.7. The molecule has 11 heteroatoms. The second kappa shape index (κ2) is 11.2. The van der Waals surface area contributed by atoms with Crippen LogP contribution in [0.3, 0.4) is 0 Å². The van der Waals surface area contributed by atoms with Crippen molar-refractivity contribution in [3.05, 3.63) is 35.1 Å². The Balaban J connectivity index is 0.00000363. The number of nitrogens with one attached hydrogen (secondary N) is 1. The van der Waals surface area contributed by atoms with E-state index in [9.17, 15) is 26.4 Å². The molecule has 2 aliphatic rings. The van der Waals surface area contributed by atoms with Gasteiger partial charge in [-0.2, -0.15) is 4.31 Å². The topological polar surface area (TPSA) is 69.7 Å². The lowest BCUT2D eigenvalue weighted by atomic mass is 9.79. The number of sulfonamides is 1. The van der Waals surface area contributed by atoms with Gasteiger partial charge in [-0.05, 0) is 19.3 Å². The normalized spacial score (nSPS) is 19.9. The van der Waals surface area contributed by atoms with E-state index in [0.29, 0.717) is 44.7 Å². The molecule has 0 aromatic heterocycles. The molecule has 0 radical (unpaired) electrons. The van der Waals surface area contributed by atoms with Gasteiger partial charge in [-0.15, -0.1) is 12.4 Å². The van der Waals surface area contributed by atoms with Gasteiger partial charge in [0, 0.05) is 50.4 Å². The van der Waals surface area contributed by atoms with Crippen LogP contribution >= 0.6 is 12.4 Å². The minimum Gasteiger partial charge on any atom is -0.350 e. The monoisotopic (exact) mass is 497 g/mol. The van der Waals surface area contributed by atoms with Crippen LogP contribution in [-0.2, 0) is 10.0 Å². The smallest absolute Gasteiger partial charge is 0.257 e. The van der Waals surface area contributed by atoms with Gasteiger partial charge in [0.05, 0.1) is 5.75 Å². The van der Waals surface area contributed by atoms with E-state index in [0.717, 1.165) is 32.1 Å². The van der Waals surface area contributed by atoms with Gasteiger partial charge >= 0.3 is 0 Å². The Morgan fingerprint density at radius 1 is 1.03 bits per heavy atom. The summed E-state index contributed by atoms with van der Waals surface area (Å²) in [6, 6.07) is 0.981. The predicted octanol–water partition coefficient (Wildman–Crippen LogP) is 3.32. The van der Waals surface area contributed by atoms with Crippen molar-refractivity contribution >= 4 is 28.3 Å². The minimum atomic E-state index is -3.26. The number of piperazine rings is 1. The van der Waals surface area contributed by atoms with Gasteiger partial charge in [-0.25, -0.2) is 21.6 Å². The van der Waals surface area contributed by atoms with E-state index < -0.39 is 38.9 Å². The Hall–Kier alpha value is -1.36. The maximum atomic E-state index is 14.0. The first-order valence-corrected chi connectivity index (χ1v) is 12.4. The fourth-order valence-electron chi connectivity index (χ4n) is 4.73. The third kappa shape index (κ3) is 5.95. The first kappa shape index (κ1) is 26.9. The zero-order valence-corrected chi connectivity index (χ0v) is 19.8. The average Bonchev–Trinajstić information content (AvgIpc) is 2.72. The van der Waals surface area contributed by atoms with Crippen molar-refractivity contribution in [1.82, 2.24) is 14.5 Å². The average molecular weight is 498 g/mol. The van der Waals surface area contributed by atoms with Crippen LogP contribution in [0.1, 0.15) is 55.8 Å². The Morgan fingerprint density at radius 2 is 1.59 bits per heavy atom. The number of carbonyl (C=O) groups excluding carboxylic acids is 1. The Morgan fingerprint density at radius 3 is 2.12 bits per heavy atom. The van der Waals surface area contributed by atoms with Crippen molar-refractivity contribution in [3.63, 3.8) is 0 Å². The van der Waals surface area contributed by atoms with Crippen LogP contribution in [0, 0.1) is 17.5 Å². The number of nitrogens with zero attached hydrogens (tertiary/aromatic N) is 2. The van der Waals surface area contributed by atoms with E-state index in [1.165, 1.54) is 4.31 Å². The van der Waals surface area contributed by atoms with Gasteiger partial charge < -0.3 is 5.32 Å². The molecule has 1 aliphatic carbocycles. The third-order valence-corrected chi connectivity index (χ3v) is 8.44. The molecular formula is C21H31ClF3N3O3S. The zero-order chi connectivity index (χ0) is 22.6. The molecule has 6 nitrogen and oxygen atoms in total. The first-order valence-electron chi connectivity index (χ1n) is 10.8. The van der Waals surface area contributed by atoms with E-state index in [1.807, 2.05) is 6.92 Å². The summed E-state index contributed by atoms with van der Waals surface area (Å²) in [5.74, 6) is -4.33. The number of amides is 1. The molecular weight excluding hydrogens is 467 g/mol. The van der Waals surface area contributed by atoms with Crippen LogP contribution in [0.15, 0.2) is 12.1 Å². The molecule has 1 aliphatic heterocycles. The van der Waals surface area contributed by atoms with Crippen LogP contribution in [0.5, 0.6) is 0 Å². The van der Waals surface area contributed by atoms with Crippen LogP contribution in [0.25, 0.3) is 0 Å². The van der Waals surface area contributed by atoms with Gasteiger partial charge in [-0.3, -0.25) is 9.69 Å². The number of benzene rings is 1. The second-order valence-electron chi connectivity index (χ2n) is 8.41. The molecule has 0 atom stereocenters. The lowest BCUT2D eigenvalue weighted by Gasteiger charge is -2.49. The van der Waals surface area contributed by atoms with Gasteiger partial charge in [0.2, 0.25) is 10.0 Å². The summed E-state index contributed by atoms with van der Waals surface area (Å²) in [6.07, 6.45) is 5.18. The summed E-state index contributed by atoms with van der Waals surface area (Å²) in [7, 11) is -3.26. The minimum absolute atomic E-state index is 0. The molecule has 32 heavy (non-hydrogen) atoms. The van der Waals surface area contributed by atoms with Gasteiger partial charge in [0.1, 0.15) is 23.0 Å². The third-order valence-electron chi connectivity index (χ3n) is 6.36. The summed E-state index contributed by atoms with van der Waals surface area (Å²) in [6.45, 7) is 3.89. The molecule has 0 unspecified atom stereocenters. The largest absolute Gasteiger partial charge is 0.350 e. The molecule has 0 bridgehead atoms. The molecule has 1 aromatic rings. The van der Waals surface area contributed by atoms with E-state index >= 15 is 0 Å². The van der Waals surface area contributed by atoms with Crippen molar-refractivity contribution in [1.29, 1.82) is 0 Å². The second-order valence-corrected chi connectivity index (χ2v) is 10.5. The maximum Gasteiger partial charge on any atom is 0.257 e. The number of rotatable bonds is 7. The molecule has 1 aromatic carbocycles. The van der Waals surface area contributed by atoms with E-state index in [1.54, 1.807) is 0 Å². The van der Waals surface area contributed by atoms with Crippen molar-refractivity contribution in [2.45, 2.75) is 51.0 Å². The number of halogens is 4. The highest BCUT2D eigenvalue weighted by Gasteiger charge is 2.41. The van der Waals surface area contributed by atoms with Crippen molar-refractivity contribution in [3.8, 4) is 0 Å². The molecule has 1 saturated heterocycles. The molecule has 1 heterocycles. The molecule has 182 valence electrons. The molecule has 1 amide bonds. The Bertz CT molecular complexity index is 880. The van der Waals surface area contributed by atoms with Crippen LogP contribution in [-0.4, -0.2) is 67.5 Å². The lowest BCUT2D eigenvalue weighted by molar-refractivity contribution is 0.0239. The molecule has 3 rings (SSSR count). The number of hydrogen-bond donors (Lipinski definition) is 1. The van der Waals surface area contributed by atoms with E-state index in [2.05, 4.69) is 10.2 Å². The molecule has 1 saturated carbocycles. The van der Waals surface area contributed by atoms with Crippen molar-refractivity contribution < 1.29 is 26.4 Å². The fourth-order valence-corrected chi connectivity index (χ4v) is 6.23. The molecule has 1 N–H and O–H groups in total. The Labute approximate surface area is 194 Å². The summed E-state index contributed by atoms with van der Waals surface area (Å²) in [5, 5.41) is 2.65. The highest BCUT2D eigenvalue weighted by Crippen LogP contribution is 2.34. The Kier molecular flexibility index (Phi) is 9.39. The van der Waals surface area contributed by atoms with E-state index in [-0.39, 0.29) is 30.2 Å². The predicted molar refractivity (Wildman–Crippen MR) is 119 cm³/mol. The summed E-state index contributed by atoms with van der Waals surface area (Å²) >= 11 is 0. The SMILES string of the molecule is CCCS(=O)(=O)N1CCN(C2(CNC(=O)c3c(F)cc(F)cc3F)CCCCC2)CC1.Cl. The van der Waals surface area contributed by atoms with Crippen molar-refractivity contribution in [2.24, 2.45) is 0 Å². The van der Waals surface area contributed by atoms with Crippen LogP contribution < -0.4 is 5.32 Å². The van der Waals surface area contributed by atoms with Crippen LogP contribution in [0.2, 0.25) is 0 Å². The summed E-state index contributed by atoms with van der Waals surface area (Å²) in [4.78, 5) is 14.7. The summed E-state index contributed by atoms with van der Waals surface area (Å²) in [5.41, 5.74) is -1.18. The number of carbonyl (C=O) groups is 1. The molecule has 0 spiro atoms. The van der Waals surface area contributed by atoms with Crippen molar-refractivity contribution in [2.75, 3.05) is 38.5 Å². The zero-order valence-electron chi connectivity index (χ0n) is 18.2. The molecule has 2 fully saturated rings. The van der Waals surface area contributed by atoms with Gasteiger partial charge in [0.25, 0.3) is 5.91 Å². The maximum absolute atomic E-state index is 14.0. The van der Waals surface area contributed by atoms with Crippen LogP contribution in [0.4, 0.5) is 13.2 Å². The quantitative estimate of drug-likeness (QED) is 0.627.